The molecule has 1 atom stereocenters. The molecule has 1 aliphatic rings. The van der Waals surface area contributed by atoms with E-state index in [1.165, 1.54) is 0 Å². The number of benzene rings is 3. The number of ether oxygens (including phenoxy) is 1. The highest BCUT2D eigenvalue weighted by atomic mass is 16.5. The number of fused-ring (bicyclic) bond motifs is 1. The number of amides is 1. The molecular formula is C30H27N5O4. The van der Waals surface area contributed by atoms with Crippen molar-refractivity contribution in [2.75, 3.05) is 30.0 Å². The van der Waals surface area contributed by atoms with Gasteiger partial charge in [0.15, 0.2) is 12.4 Å². The fourth-order valence-electron chi connectivity index (χ4n) is 4.91. The minimum atomic E-state index is -0.353. The van der Waals surface area contributed by atoms with E-state index in [0.29, 0.717) is 17.2 Å². The Kier molecular flexibility index (Phi) is 6.88. The molecule has 5 aromatic rings. The van der Waals surface area contributed by atoms with Crippen LogP contribution in [0.2, 0.25) is 0 Å². The summed E-state index contributed by atoms with van der Waals surface area (Å²) in [6.07, 6.45) is 3.65. The van der Waals surface area contributed by atoms with Crippen LogP contribution in [0.15, 0.2) is 89.6 Å². The molecule has 0 saturated carbocycles. The van der Waals surface area contributed by atoms with Gasteiger partial charge in [-0.2, -0.15) is 0 Å². The molecule has 0 aliphatic carbocycles. The molecular weight excluding hydrogens is 494 g/mol. The second-order valence-corrected chi connectivity index (χ2v) is 9.38. The van der Waals surface area contributed by atoms with Crippen LogP contribution < -0.4 is 15.0 Å². The third-order valence-corrected chi connectivity index (χ3v) is 6.82. The normalized spacial score (nSPS) is 15.0. The molecule has 3 heterocycles. The molecule has 1 saturated heterocycles. The number of anilines is 2. The molecule has 1 fully saturated rings. The van der Waals surface area contributed by atoms with E-state index >= 15 is 0 Å². The number of aromatic nitrogens is 3. The van der Waals surface area contributed by atoms with Gasteiger partial charge in [0, 0.05) is 29.6 Å². The topological polar surface area (TPSA) is 114 Å². The summed E-state index contributed by atoms with van der Waals surface area (Å²) < 4.78 is 11.3. The van der Waals surface area contributed by atoms with Crippen molar-refractivity contribution in [3.05, 3.63) is 85.1 Å². The maximum Gasteiger partial charge on any atom is 0.264 e. The minimum Gasteiger partial charge on any atom is -0.484 e. The van der Waals surface area contributed by atoms with Crippen LogP contribution in [0.3, 0.4) is 0 Å². The average molecular weight is 522 g/mol. The SMILES string of the molecule is O=C(COc1ccccc1)Nc1nccc(-c2ccc3noc(-c4cccc(N5CCCC5CO)c4)c3c2)n1. The predicted molar refractivity (Wildman–Crippen MR) is 148 cm³/mol. The smallest absolute Gasteiger partial charge is 0.264 e. The first-order chi connectivity index (χ1) is 19.2. The molecule has 3 aromatic carbocycles. The molecule has 6 rings (SSSR count). The summed E-state index contributed by atoms with van der Waals surface area (Å²) in [5, 5.41) is 17.6. The Bertz CT molecular complexity index is 1600. The maximum atomic E-state index is 12.4. The van der Waals surface area contributed by atoms with Gasteiger partial charge >= 0.3 is 0 Å². The van der Waals surface area contributed by atoms with Gasteiger partial charge in [0.05, 0.1) is 23.7 Å². The summed E-state index contributed by atoms with van der Waals surface area (Å²) in [4.78, 5) is 23.4. The molecule has 9 nitrogen and oxygen atoms in total. The van der Waals surface area contributed by atoms with E-state index in [1.807, 2.05) is 48.5 Å². The number of nitrogens with one attached hydrogen (secondary N) is 1. The largest absolute Gasteiger partial charge is 0.484 e. The van der Waals surface area contributed by atoms with Gasteiger partial charge in [-0.15, -0.1) is 0 Å². The van der Waals surface area contributed by atoms with Gasteiger partial charge in [0.2, 0.25) is 5.95 Å². The van der Waals surface area contributed by atoms with E-state index in [0.717, 1.165) is 47.1 Å². The lowest BCUT2D eigenvalue weighted by atomic mass is 10.0. The first kappa shape index (κ1) is 24.6. The Labute approximate surface area is 225 Å². The fraction of sp³-hybridized carbons (Fsp3) is 0.200. The molecule has 0 radical (unpaired) electrons. The summed E-state index contributed by atoms with van der Waals surface area (Å²) in [5.41, 5.74) is 4.17. The Hall–Kier alpha value is -4.76. The Morgan fingerprint density at radius 3 is 2.82 bits per heavy atom. The molecule has 2 N–H and O–H groups in total. The van der Waals surface area contributed by atoms with E-state index in [-0.39, 0.29) is 31.1 Å². The number of para-hydroxylation sites is 1. The summed E-state index contributed by atoms with van der Waals surface area (Å²) in [5.74, 6) is 1.11. The molecule has 196 valence electrons. The minimum absolute atomic E-state index is 0.135. The van der Waals surface area contributed by atoms with E-state index in [9.17, 15) is 9.90 Å². The third kappa shape index (κ3) is 5.30. The number of aliphatic hydroxyl groups excluding tert-OH is 1. The van der Waals surface area contributed by atoms with Crippen molar-refractivity contribution in [3.8, 4) is 28.3 Å². The number of carbonyl (C=O) groups is 1. The molecule has 0 spiro atoms. The second kappa shape index (κ2) is 10.9. The number of nitrogens with zero attached hydrogens (tertiary/aromatic N) is 4. The summed E-state index contributed by atoms with van der Waals surface area (Å²) >= 11 is 0. The lowest BCUT2D eigenvalue weighted by Crippen LogP contribution is -2.31. The van der Waals surface area contributed by atoms with Crippen LogP contribution in [0.1, 0.15) is 12.8 Å². The van der Waals surface area contributed by atoms with Crippen LogP contribution in [0, 0.1) is 0 Å². The average Bonchev–Trinajstić information content (AvgIpc) is 3.64. The Balaban J connectivity index is 1.23. The Morgan fingerprint density at radius 1 is 1.05 bits per heavy atom. The highest BCUT2D eigenvalue weighted by molar-refractivity contribution is 5.95. The molecule has 0 bridgehead atoms. The van der Waals surface area contributed by atoms with E-state index in [4.69, 9.17) is 9.26 Å². The van der Waals surface area contributed by atoms with Crippen LogP contribution in [-0.4, -0.2) is 51.9 Å². The van der Waals surface area contributed by atoms with Crippen molar-refractivity contribution >= 4 is 28.4 Å². The lowest BCUT2D eigenvalue weighted by Gasteiger charge is -2.25. The maximum absolute atomic E-state index is 12.4. The third-order valence-electron chi connectivity index (χ3n) is 6.82. The molecule has 2 aromatic heterocycles. The number of rotatable bonds is 8. The first-order valence-corrected chi connectivity index (χ1v) is 12.9. The van der Waals surface area contributed by atoms with Gasteiger partial charge in [0.1, 0.15) is 11.3 Å². The van der Waals surface area contributed by atoms with Crippen molar-refractivity contribution in [3.63, 3.8) is 0 Å². The summed E-state index contributed by atoms with van der Waals surface area (Å²) in [6, 6.07) is 25.0. The molecule has 1 amide bonds. The van der Waals surface area contributed by atoms with Gasteiger partial charge in [-0.05, 0) is 55.3 Å². The number of aliphatic hydroxyl groups is 1. The van der Waals surface area contributed by atoms with Crippen molar-refractivity contribution in [1.82, 2.24) is 15.1 Å². The van der Waals surface area contributed by atoms with Gasteiger partial charge in [-0.1, -0.05) is 41.6 Å². The van der Waals surface area contributed by atoms with E-state index in [1.54, 1.807) is 24.4 Å². The van der Waals surface area contributed by atoms with E-state index in [2.05, 4.69) is 37.5 Å². The number of hydrogen-bond acceptors (Lipinski definition) is 8. The Morgan fingerprint density at radius 2 is 1.95 bits per heavy atom. The fourth-order valence-corrected chi connectivity index (χ4v) is 4.91. The molecule has 9 heteroatoms. The zero-order valence-electron chi connectivity index (χ0n) is 21.2. The van der Waals surface area contributed by atoms with Crippen LogP contribution in [-0.2, 0) is 4.79 Å². The number of hydrogen-bond donors (Lipinski definition) is 2. The highest BCUT2D eigenvalue weighted by Gasteiger charge is 2.24. The van der Waals surface area contributed by atoms with Crippen LogP contribution in [0.4, 0.5) is 11.6 Å². The quantitative estimate of drug-likeness (QED) is 0.296. The van der Waals surface area contributed by atoms with Gasteiger partial charge < -0.3 is 19.3 Å². The van der Waals surface area contributed by atoms with E-state index < -0.39 is 0 Å². The highest BCUT2D eigenvalue weighted by Crippen LogP contribution is 2.35. The standard InChI is InChI=1S/C30H27N5O4/c36-18-23-8-5-15-35(23)22-7-4-6-21(16-22)29-25-17-20(11-12-27(25)34-39-29)26-13-14-31-30(32-26)33-28(37)19-38-24-9-2-1-3-10-24/h1-4,6-7,9-14,16-17,23,36H,5,8,15,18-19H2,(H,31,32,33,37). The van der Waals surface area contributed by atoms with Crippen molar-refractivity contribution in [2.45, 2.75) is 18.9 Å². The summed E-state index contributed by atoms with van der Waals surface area (Å²) in [7, 11) is 0. The van der Waals surface area contributed by atoms with Crippen molar-refractivity contribution < 1.29 is 19.2 Å². The number of carbonyl (C=O) groups excluding carboxylic acids is 1. The van der Waals surface area contributed by atoms with Gasteiger partial charge in [-0.25, -0.2) is 9.97 Å². The van der Waals surface area contributed by atoms with Gasteiger partial charge in [-0.3, -0.25) is 10.1 Å². The zero-order valence-corrected chi connectivity index (χ0v) is 21.2. The van der Waals surface area contributed by atoms with Crippen LogP contribution >= 0.6 is 0 Å². The molecule has 39 heavy (non-hydrogen) atoms. The summed E-state index contributed by atoms with van der Waals surface area (Å²) in [6.45, 7) is 0.907. The second-order valence-electron chi connectivity index (χ2n) is 9.38. The zero-order chi connectivity index (χ0) is 26.6. The molecule has 1 unspecified atom stereocenters. The predicted octanol–water partition coefficient (Wildman–Crippen LogP) is 4.93. The van der Waals surface area contributed by atoms with Gasteiger partial charge in [0.25, 0.3) is 5.91 Å². The van der Waals surface area contributed by atoms with Crippen molar-refractivity contribution in [2.24, 2.45) is 0 Å². The van der Waals surface area contributed by atoms with Crippen molar-refractivity contribution in [1.29, 1.82) is 0 Å². The first-order valence-electron chi connectivity index (χ1n) is 12.9. The monoisotopic (exact) mass is 521 g/mol. The van der Waals surface area contributed by atoms with Crippen LogP contribution in [0.25, 0.3) is 33.5 Å². The van der Waals surface area contributed by atoms with Crippen LogP contribution in [0.5, 0.6) is 5.75 Å². The molecule has 1 aliphatic heterocycles. The lowest BCUT2D eigenvalue weighted by molar-refractivity contribution is -0.118.